The summed E-state index contributed by atoms with van der Waals surface area (Å²) in [6, 6.07) is 0. The number of aliphatic hydroxyl groups is 1. The molecule has 1 heteroatoms. The van der Waals surface area contributed by atoms with E-state index in [-0.39, 0.29) is 0 Å². The second-order valence-corrected chi connectivity index (χ2v) is 4.43. The lowest BCUT2D eigenvalue weighted by molar-refractivity contribution is 0.419. The molecule has 0 spiro atoms. The van der Waals surface area contributed by atoms with Gasteiger partial charge in [-0.15, -0.1) is 0 Å². The van der Waals surface area contributed by atoms with Crippen molar-refractivity contribution < 1.29 is 5.11 Å². The fourth-order valence-electron chi connectivity index (χ4n) is 2.65. The van der Waals surface area contributed by atoms with Gasteiger partial charge in [0.1, 0.15) is 5.76 Å². The van der Waals surface area contributed by atoms with Crippen LogP contribution in [0.3, 0.4) is 0 Å². The van der Waals surface area contributed by atoms with Crippen molar-refractivity contribution in [2.24, 2.45) is 17.8 Å². The molecule has 16 heavy (non-hydrogen) atoms. The Balaban J connectivity index is 2.07. The monoisotopic (exact) mass is 210 g/mol. The van der Waals surface area contributed by atoms with Crippen LogP contribution in [0.15, 0.2) is 72.1 Å². The first kappa shape index (κ1) is 9.46. The van der Waals surface area contributed by atoms with Gasteiger partial charge in [-0.3, -0.25) is 0 Å². The summed E-state index contributed by atoms with van der Waals surface area (Å²) in [5, 5.41) is 9.84. The third kappa shape index (κ3) is 1.49. The third-order valence-corrected chi connectivity index (χ3v) is 3.42. The van der Waals surface area contributed by atoms with Crippen LogP contribution >= 0.6 is 0 Å². The van der Waals surface area contributed by atoms with Gasteiger partial charge in [0, 0.05) is 11.8 Å². The summed E-state index contributed by atoms with van der Waals surface area (Å²) in [6.45, 7) is 0. The van der Waals surface area contributed by atoms with Crippen LogP contribution in [0.2, 0.25) is 0 Å². The van der Waals surface area contributed by atoms with Crippen LogP contribution in [0.1, 0.15) is 0 Å². The van der Waals surface area contributed by atoms with Crippen LogP contribution in [0.4, 0.5) is 0 Å². The van der Waals surface area contributed by atoms with E-state index in [1.54, 1.807) is 0 Å². The fraction of sp³-hybridized carbons (Fsp3) is 0.200. The van der Waals surface area contributed by atoms with Gasteiger partial charge in [0.15, 0.2) is 0 Å². The van der Waals surface area contributed by atoms with Gasteiger partial charge in [0.25, 0.3) is 0 Å². The van der Waals surface area contributed by atoms with Gasteiger partial charge < -0.3 is 5.11 Å². The van der Waals surface area contributed by atoms with Crippen LogP contribution in [0.25, 0.3) is 0 Å². The third-order valence-electron chi connectivity index (χ3n) is 3.42. The van der Waals surface area contributed by atoms with E-state index in [2.05, 4.69) is 42.5 Å². The lowest BCUT2D eigenvalue weighted by Gasteiger charge is -2.28. The summed E-state index contributed by atoms with van der Waals surface area (Å²) >= 11 is 0. The Hall–Kier alpha value is -1.76. The summed E-state index contributed by atoms with van der Waals surface area (Å²) < 4.78 is 0. The molecule has 1 N–H and O–H groups in total. The first-order chi connectivity index (χ1) is 7.84. The SMILES string of the molecule is OC1=CC2C=CC=CC2C2C=CC=CC2=C1. The predicted molar refractivity (Wildman–Crippen MR) is 65.8 cm³/mol. The van der Waals surface area contributed by atoms with Crippen LogP contribution in [0.5, 0.6) is 0 Å². The van der Waals surface area contributed by atoms with E-state index in [1.807, 2.05) is 18.2 Å². The van der Waals surface area contributed by atoms with E-state index >= 15 is 0 Å². The second-order valence-electron chi connectivity index (χ2n) is 4.43. The van der Waals surface area contributed by atoms with Crippen molar-refractivity contribution in [2.75, 3.05) is 0 Å². The quantitative estimate of drug-likeness (QED) is 0.649. The zero-order chi connectivity index (χ0) is 11.0. The van der Waals surface area contributed by atoms with E-state index in [0.717, 1.165) is 0 Å². The fourth-order valence-corrected chi connectivity index (χ4v) is 2.65. The lowest BCUT2D eigenvalue weighted by atomic mass is 9.75. The number of allylic oxidation sites excluding steroid dienone is 11. The van der Waals surface area contributed by atoms with Gasteiger partial charge in [-0.05, 0) is 23.6 Å². The van der Waals surface area contributed by atoms with Gasteiger partial charge in [-0.1, -0.05) is 48.6 Å². The molecule has 0 fully saturated rings. The van der Waals surface area contributed by atoms with Crippen LogP contribution < -0.4 is 0 Å². The van der Waals surface area contributed by atoms with Crippen molar-refractivity contribution in [1.29, 1.82) is 0 Å². The Morgan fingerprint density at radius 2 is 1.75 bits per heavy atom. The van der Waals surface area contributed by atoms with Crippen molar-refractivity contribution in [3.05, 3.63) is 72.1 Å². The summed E-state index contributed by atoms with van der Waals surface area (Å²) in [7, 11) is 0. The van der Waals surface area contributed by atoms with E-state index in [0.29, 0.717) is 23.5 Å². The number of rotatable bonds is 0. The largest absolute Gasteiger partial charge is 0.508 e. The normalized spacial score (nSPS) is 34.9. The molecule has 1 nitrogen and oxygen atoms in total. The average Bonchev–Trinajstić information content (AvgIpc) is 2.44. The topological polar surface area (TPSA) is 20.2 Å². The molecule has 0 bridgehead atoms. The lowest BCUT2D eigenvalue weighted by Crippen LogP contribution is -2.20. The van der Waals surface area contributed by atoms with Gasteiger partial charge >= 0.3 is 0 Å². The molecule has 3 aliphatic rings. The Bertz CT molecular complexity index is 472. The van der Waals surface area contributed by atoms with Gasteiger partial charge in [0.05, 0.1) is 0 Å². The zero-order valence-corrected chi connectivity index (χ0v) is 8.95. The van der Waals surface area contributed by atoms with E-state index in [9.17, 15) is 5.11 Å². The molecule has 0 radical (unpaired) electrons. The van der Waals surface area contributed by atoms with Crippen LogP contribution in [-0.4, -0.2) is 5.11 Å². The molecule has 0 heterocycles. The molecule has 0 aliphatic heterocycles. The van der Waals surface area contributed by atoms with Gasteiger partial charge in [-0.2, -0.15) is 0 Å². The predicted octanol–water partition coefficient (Wildman–Crippen LogP) is 3.47. The van der Waals surface area contributed by atoms with Crippen molar-refractivity contribution >= 4 is 0 Å². The Labute approximate surface area is 95.5 Å². The highest BCUT2D eigenvalue weighted by atomic mass is 16.3. The highest BCUT2D eigenvalue weighted by molar-refractivity contribution is 5.42. The first-order valence-corrected chi connectivity index (χ1v) is 5.67. The molecular weight excluding hydrogens is 196 g/mol. The summed E-state index contributed by atoms with van der Waals surface area (Å²) in [5.41, 5.74) is 1.20. The minimum atomic E-state index is 0.305. The van der Waals surface area contributed by atoms with E-state index < -0.39 is 0 Å². The number of fused-ring (bicyclic) bond motifs is 3. The van der Waals surface area contributed by atoms with Crippen molar-refractivity contribution in [2.45, 2.75) is 0 Å². The maximum Gasteiger partial charge on any atom is 0.112 e. The number of hydrogen-bond acceptors (Lipinski definition) is 1. The van der Waals surface area contributed by atoms with E-state index in [1.165, 1.54) is 5.57 Å². The number of aliphatic hydroxyl groups excluding tert-OH is 1. The smallest absolute Gasteiger partial charge is 0.112 e. The average molecular weight is 210 g/mol. The maximum atomic E-state index is 9.84. The Kier molecular flexibility index (Phi) is 2.17. The van der Waals surface area contributed by atoms with Gasteiger partial charge in [-0.25, -0.2) is 0 Å². The zero-order valence-electron chi connectivity index (χ0n) is 8.95. The molecule has 0 aromatic carbocycles. The van der Waals surface area contributed by atoms with Gasteiger partial charge in [0.2, 0.25) is 0 Å². The first-order valence-electron chi connectivity index (χ1n) is 5.67. The van der Waals surface area contributed by atoms with Crippen LogP contribution in [0, 0.1) is 17.8 Å². The molecule has 0 amide bonds. The van der Waals surface area contributed by atoms with E-state index in [4.69, 9.17) is 0 Å². The molecule has 0 saturated carbocycles. The molecule has 80 valence electrons. The second kappa shape index (κ2) is 3.67. The summed E-state index contributed by atoms with van der Waals surface area (Å²) in [6.07, 6.45) is 20.8. The Morgan fingerprint density at radius 3 is 2.69 bits per heavy atom. The highest BCUT2D eigenvalue weighted by Gasteiger charge is 2.29. The Morgan fingerprint density at radius 1 is 0.938 bits per heavy atom. The minimum Gasteiger partial charge on any atom is -0.508 e. The molecule has 0 aromatic rings. The summed E-state index contributed by atoms with van der Waals surface area (Å²) in [4.78, 5) is 0. The molecule has 0 saturated heterocycles. The van der Waals surface area contributed by atoms with Crippen molar-refractivity contribution in [3.63, 3.8) is 0 Å². The van der Waals surface area contributed by atoms with Crippen molar-refractivity contribution in [1.82, 2.24) is 0 Å². The molecule has 3 rings (SSSR count). The standard InChI is InChI=1S/C15H14O/c16-13-9-11-5-1-3-7-14(11)15-8-4-2-6-12(15)10-13/h1-11,14-16H. The molecule has 3 unspecified atom stereocenters. The summed E-state index contributed by atoms with van der Waals surface area (Å²) in [5.74, 6) is 1.51. The molecule has 3 aliphatic carbocycles. The van der Waals surface area contributed by atoms with Crippen molar-refractivity contribution in [3.8, 4) is 0 Å². The molecule has 0 aromatic heterocycles. The molecular formula is C15H14O. The highest BCUT2D eigenvalue weighted by Crippen LogP contribution is 2.38. The van der Waals surface area contributed by atoms with Crippen LogP contribution in [-0.2, 0) is 0 Å². The minimum absolute atomic E-state index is 0.305. The maximum absolute atomic E-state index is 9.84. The molecule has 3 atom stereocenters. The number of hydrogen-bond donors (Lipinski definition) is 1.